The van der Waals surface area contributed by atoms with E-state index in [0.717, 1.165) is 29.9 Å². The van der Waals surface area contributed by atoms with Gasteiger partial charge >= 0.3 is 0 Å². The van der Waals surface area contributed by atoms with Crippen molar-refractivity contribution in [2.75, 3.05) is 0 Å². The van der Waals surface area contributed by atoms with Crippen molar-refractivity contribution in [3.8, 4) is 0 Å². The molecule has 4 heterocycles. The van der Waals surface area contributed by atoms with Crippen molar-refractivity contribution in [1.29, 1.82) is 0 Å². The van der Waals surface area contributed by atoms with Crippen LogP contribution in [0.1, 0.15) is 25.0 Å². The molecule has 2 N–H and O–H groups in total. The van der Waals surface area contributed by atoms with Gasteiger partial charge in [0.25, 0.3) is 0 Å². The van der Waals surface area contributed by atoms with E-state index in [1.165, 1.54) is 6.42 Å². The Hall–Kier alpha value is -0.910. The molecule has 4 rings (SSSR count). The summed E-state index contributed by atoms with van der Waals surface area (Å²) in [5.41, 5.74) is 7.40. The maximum Gasteiger partial charge on any atom is 0.193 e. The van der Waals surface area contributed by atoms with Crippen LogP contribution in [0.2, 0.25) is 0 Å². The number of ether oxygens (including phenoxy) is 1. The van der Waals surface area contributed by atoms with Gasteiger partial charge in [-0.2, -0.15) is 0 Å². The Balaban J connectivity index is 1.62. The van der Waals surface area contributed by atoms with E-state index in [1.807, 2.05) is 11.6 Å². The smallest absolute Gasteiger partial charge is 0.193 e. The highest BCUT2D eigenvalue weighted by molar-refractivity contribution is 7.15. The van der Waals surface area contributed by atoms with E-state index >= 15 is 0 Å². The Morgan fingerprint density at radius 2 is 2.53 bits per heavy atom. The molecule has 4 nitrogen and oxygen atoms in total. The molecule has 2 aliphatic rings. The second kappa shape index (κ2) is 3.31. The lowest BCUT2D eigenvalue weighted by molar-refractivity contribution is 0.0855. The average molecular weight is 249 g/mol. The van der Waals surface area contributed by atoms with Crippen LogP contribution in [-0.4, -0.2) is 27.1 Å². The summed E-state index contributed by atoms with van der Waals surface area (Å²) >= 11 is 1.66. The summed E-state index contributed by atoms with van der Waals surface area (Å²) in [5, 5.41) is 2.05. The lowest BCUT2D eigenvalue weighted by Crippen LogP contribution is -2.50. The first-order valence-electron chi connectivity index (χ1n) is 6.08. The molecule has 2 aromatic heterocycles. The maximum atomic E-state index is 6.50. The number of nitrogens with zero attached hydrogens (tertiary/aromatic N) is 2. The Bertz CT molecular complexity index is 534. The number of rotatable bonds is 2. The van der Waals surface area contributed by atoms with Gasteiger partial charge < -0.3 is 10.5 Å². The highest BCUT2D eigenvalue weighted by atomic mass is 32.1. The van der Waals surface area contributed by atoms with Gasteiger partial charge in [0.1, 0.15) is 0 Å². The summed E-state index contributed by atoms with van der Waals surface area (Å²) in [6.07, 6.45) is 8.89. The third-order valence-corrected chi connectivity index (χ3v) is 4.78. The van der Waals surface area contributed by atoms with Crippen LogP contribution in [0.4, 0.5) is 0 Å². The molecule has 0 spiro atoms. The van der Waals surface area contributed by atoms with Crippen molar-refractivity contribution in [2.24, 2.45) is 5.73 Å². The second-order valence-corrected chi connectivity index (χ2v) is 6.14. The van der Waals surface area contributed by atoms with E-state index in [-0.39, 0.29) is 11.6 Å². The Morgan fingerprint density at radius 1 is 1.59 bits per heavy atom. The SMILES string of the molecule is NC1(Cc2cn3ccsc3n2)CC2CCC1O2. The lowest BCUT2D eigenvalue weighted by atomic mass is 9.79. The van der Waals surface area contributed by atoms with E-state index in [9.17, 15) is 0 Å². The van der Waals surface area contributed by atoms with Crippen LogP contribution in [0.3, 0.4) is 0 Å². The molecular formula is C12H15N3OS. The van der Waals surface area contributed by atoms with Crippen molar-refractivity contribution in [3.63, 3.8) is 0 Å². The average Bonchev–Trinajstić information content (AvgIpc) is 2.94. The number of aromatic nitrogens is 2. The topological polar surface area (TPSA) is 52.5 Å². The number of hydrogen-bond acceptors (Lipinski definition) is 4. The maximum absolute atomic E-state index is 6.50. The monoisotopic (exact) mass is 249 g/mol. The molecule has 2 bridgehead atoms. The fraction of sp³-hybridized carbons (Fsp3) is 0.583. The molecule has 2 saturated heterocycles. The fourth-order valence-corrected chi connectivity index (χ4v) is 3.94. The van der Waals surface area contributed by atoms with Crippen molar-refractivity contribution < 1.29 is 4.74 Å². The van der Waals surface area contributed by atoms with E-state index in [1.54, 1.807) is 11.3 Å². The summed E-state index contributed by atoms with van der Waals surface area (Å²) in [7, 11) is 0. The van der Waals surface area contributed by atoms with E-state index < -0.39 is 0 Å². The molecule has 3 atom stereocenters. The molecule has 17 heavy (non-hydrogen) atoms. The van der Waals surface area contributed by atoms with Crippen LogP contribution >= 0.6 is 11.3 Å². The molecule has 3 unspecified atom stereocenters. The molecule has 2 aliphatic heterocycles. The Kier molecular flexibility index (Phi) is 1.96. The van der Waals surface area contributed by atoms with Gasteiger partial charge in [-0.05, 0) is 19.3 Å². The molecule has 0 radical (unpaired) electrons. The summed E-state index contributed by atoms with van der Waals surface area (Å²) < 4.78 is 7.93. The summed E-state index contributed by atoms with van der Waals surface area (Å²) in [4.78, 5) is 5.66. The predicted molar refractivity (Wildman–Crippen MR) is 66.2 cm³/mol. The third kappa shape index (κ3) is 1.46. The normalized spacial score (nSPS) is 36.1. The van der Waals surface area contributed by atoms with Crippen LogP contribution in [0.5, 0.6) is 0 Å². The number of imidazole rings is 1. The van der Waals surface area contributed by atoms with Crippen molar-refractivity contribution >= 4 is 16.3 Å². The van der Waals surface area contributed by atoms with Gasteiger partial charge in [-0.1, -0.05) is 0 Å². The Morgan fingerprint density at radius 3 is 3.24 bits per heavy atom. The van der Waals surface area contributed by atoms with Crippen molar-refractivity contribution in [2.45, 2.75) is 43.4 Å². The zero-order valence-corrected chi connectivity index (χ0v) is 10.3. The number of thiazole rings is 1. The van der Waals surface area contributed by atoms with Gasteiger partial charge in [0, 0.05) is 24.2 Å². The van der Waals surface area contributed by atoms with Crippen LogP contribution in [-0.2, 0) is 11.2 Å². The van der Waals surface area contributed by atoms with Crippen LogP contribution in [0.25, 0.3) is 4.96 Å². The van der Waals surface area contributed by atoms with E-state index in [2.05, 4.69) is 15.6 Å². The second-order valence-electron chi connectivity index (χ2n) is 5.26. The highest BCUT2D eigenvalue weighted by Gasteiger charge is 2.50. The van der Waals surface area contributed by atoms with Gasteiger partial charge in [-0.3, -0.25) is 4.40 Å². The number of fused-ring (bicyclic) bond motifs is 3. The first-order valence-corrected chi connectivity index (χ1v) is 6.96. The van der Waals surface area contributed by atoms with E-state index in [0.29, 0.717) is 6.10 Å². The summed E-state index contributed by atoms with van der Waals surface area (Å²) in [6.45, 7) is 0. The highest BCUT2D eigenvalue weighted by Crippen LogP contribution is 2.41. The van der Waals surface area contributed by atoms with Crippen LogP contribution in [0, 0.1) is 0 Å². The molecule has 90 valence electrons. The molecule has 0 saturated carbocycles. The molecular weight excluding hydrogens is 234 g/mol. The van der Waals surface area contributed by atoms with Crippen LogP contribution in [0.15, 0.2) is 17.8 Å². The van der Waals surface area contributed by atoms with Gasteiger partial charge in [0.15, 0.2) is 4.96 Å². The third-order valence-electron chi connectivity index (χ3n) is 4.01. The van der Waals surface area contributed by atoms with Gasteiger partial charge in [0.05, 0.1) is 23.4 Å². The minimum absolute atomic E-state index is 0.188. The van der Waals surface area contributed by atoms with Gasteiger partial charge in [0.2, 0.25) is 0 Å². The largest absolute Gasteiger partial charge is 0.373 e. The van der Waals surface area contributed by atoms with Crippen LogP contribution < -0.4 is 5.73 Å². The number of hydrogen-bond donors (Lipinski definition) is 1. The molecule has 0 aliphatic carbocycles. The quantitative estimate of drug-likeness (QED) is 0.879. The lowest BCUT2D eigenvalue weighted by Gasteiger charge is -2.30. The summed E-state index contributed by atoms with van der Waals surface area (Å²) in [5.74, 6) is 0. The molecule has 2 aromatic rings. The molecule has 0 aromatic carbocycles. The molecule has 5 heteroatoms. The minimum atomic E-state index is -0.188. The van der Waals surface area contributed by atoms with Crippen molar-refractivity contribution in [1.82, 2.24) is 9.38 Å². The zero-order valence-electron chi connectivity index (χ0n) is 9.50. The minimum Gasteiger partial charge on any atom is -0.373 e. The van der Waals surface area contributed by atoms with Crippen molar-refractivity contribution in [3.05, 3.63) is 23.5 Å². The van der Waals surface area contributed by atoms with E-state index in [4.69, 9.17) is 10.5 Å². The first kappa shape index (κ1) is 10.1. The summed E-state index contributed by atoms with van der Waals surface area (Å²) in [6, 6.07) is 0. The predicted octanol–water partition coefficient (Wildman–Crippen LogP) is 1.59. The molecule has 0 amide bonds. The zero-order chi connectivity index (χ0) is 11.5. The fourth-order valence-electron chi connectivity index (χ4n) is 3.22. The standard InChI is InChI=1S/C12H15N3OS/c13-12(6-9-1-2-10(12)16-9)5-8-7-15-3-4-17-11(15)14-8/h3-4,7,9-10H,1-2,5-6,13H2. The first-order chi connectivity index (χ1) is 8.23. The number of nitrogens with two attached hydrogens (primary N) is 1. The van der Waals surface area contributed by atoms with Gasteiger partial charge in [-0.15, -0.1) is 11.3 Å². The molecule has 2 fully saturated rings. The Labute approximate surface area is 103 Å². The van der Waals surface area contributed by atoms with Gasteiger partial charge in [-0.25, -0.2) is 4.98 Å².